The van der Waals surface area contributed by atoms with Crippen LogP contribution in [-0.4, -0.2) is 54.0 Å². The van der Waals surface area contributed by atoms with E-state index in [1.165, 1.54) is 11.1 Å². The Bertz CT molecular complexity index is 696. The van der Waals surface area contributed by atoms with E-state index in [9.17, 15) is 0 Å². The van der Waals surface area contributed by atoms with Crippen LogP contribution >= 0.6 is 24.0 Å². The number of hydrogen-bond acceptors (Lipinski definition) is 3. The van der Waals surface area contributed by atoms with Gasteiger partial charge in [0, 0.05) is 46.0 Å². The van der Waals surface area contributed by atoms with Gasteiger partial charge in [-0.25, -0.2) is 0 Å². The van der Waals surface area contributed by atoms with E-state index in [1.807, 2.05) is 19.3 Å². The summed E-state index contributed by atoms with van der Waals surface area (Å²) < 4.78 is 0. The zero-order valence-electron chi connectivity index (χ0n) is 15.6. The first-order chi connectivity index (χ1) is 12.3. The number of hydrogen-bond donors (Lipinski definition) is 1. The fraction of sp³-hybridized carbons (Fsp3) is 0.400. The van der Waals surface area contributed by atoms with Gasteiger partial charge in [0.25, 0.3) is 0 Å². The van der Waals surface area contributed by atoms with Crippen LogP contribution in [0, 0.1) is 6.92 Å². The van der Waals surface area contributed by atoms with Crippen LogP contribution < -0.4 is 5.32 Å². The van der Waals surface area contributed by atoms with Crippen molar-refractivity contribution in [3.8, 4) is 0 Å². The van der Waals surface area contributed by atoms with Crippen LogP contribution in [0.2, 0.25) is 0 Å². The summed E-state index contributed by atoms with van der Waals surface area (Å²) in [4.78, 5) is 13.7. The number of piperazine rings is 1. The first kappa shape index (κ1) is 20.6. The van der Waals surface area contributed by atoms with Crippen molar-refractivity contribution in [2.45, 2.75) is 20.0 Å². The fourth-order valence-electron chi connectivity index (χ4n) is 3.16. The summed E-state index contributed by atoms with van der Waals surface area (Å²) in [5.74, 6) is 0.962. The lowest BCUT2D eigenvalue weighted by Crippen LogP contribution is -2.52. The van der Waals surface area contributed by atoms with Crippen molar-refractivity contribution in [3.05, 3.63) is 65.5 Å². The van der Waals surface area contributed by atoms with Gasteiger partial charge in [-0.05, 0) is 24.1 Å². The average molecular weight is 465 g/mol. The van der Waals surface area contributed by atoms with Crippen molar-refractivity contribution in [1.82, 2.24) is 20.1 Å². The summed E-state index contributed by atoms with van der Waals surface area (Å²) in [5.41, 5.74) is 3.66. The third-order valence-electron chi connectivity index (χ3n) is 4.66. The van der Waals surface area contributed by atoms with Crippen molar-refractivity contribution in [3.63, 3.8) is 0 Å². The second-order valence-electron chi connectivity index (χ2n) is 6.42. The van der Waals surface area contributed by atoms with Crippen LogP contribution in [0.5, 0.6) is 0 Å². The second kappa shape index (κ2) is 10.5. The highest BCUT2D eigenvalue weighted by Gasteiger charge is 2.19. The van der Waals surface area contributed by atoms with Gasteiger partial charge in [-0.2, -0.15) is 0 Å². The smallest absolute Gasteiger partial charge is 0.194 e. The standard InChI is InChI=1S/C20H27N5.HI/c1-17-7-6-10-22-19(17)15-23-20(21-2)25-13-11-24(12-14-25)16-18-8-4-3-5-9-18;/h3-10H,11-16H2,1-2H3,(H,21,23);1H. The van der Waals surface area contributed by atoms with E-state index < -0.39 is 0 Å². The molecule has 1 aliphatic heterocycles. The predicted molar refractivity (Wildman–Crippen MR) is 118 cm³/mol. The Hall–Kier alpha value is -1.67. The number of rotatable bonds is 4. The molecule has 26 heavy (non-hydrogen) atoms. The highest BCUT2D eigenvalue weighted by atomic mass is 127. The van der Waals surface area contributed by atoms with Crippen molar-refractivity contribution >= 4 is 29.9 Å². The minimum Gasteiger partial charge on any atom is -0.351 e. The summed E-state index contributed by atoms with van der Waals surface area (Å²) in [5, 5.41) is 3.46. The molecule has 1 aliphatic rings. The number of nitrogens with zero attached hydrogens (tertiary/aromatic N) is 4. The maximum atomic E-state index is 4.45. The molecule has 0 saturated carbocycles. The van der Waals surface area contributed by atoms with Crippen LogP contribution in [0.4, 0.5) is 0 Å². The number of benzene rings is 1. The Morgan fingerprint density at radius 3 is 2.46 bits per heavy atom. The van der Waals surface area contributed by atoms with Gasteiger partial charge in [-0.1, -0.05) is 36.4 Å². The lowest BCUT2D eigenvalue weighted by molar-refractivity contribution is 0.172. The maximum Gasteiger partial charge on any atom is 0.194 e. The third-order valence-corrected chi connectivity index (χ3v) is 4.66. The molecule has 0 amide bonds. The highest BCUT2D eigenvalue weighted by Crippen LogP contribution is 2.09. The Morgan fingerprint density at radius 2 is 1.81 bits per heavy atom. The Kier molecular flexibility index (Phi) is 8.31. The summed E-state index contributed by atoms with van der Waals surface area (Å²) in [6.45, 7) is 7.92. The summed E-state index contributed by atoms with van der Waals surface area (Å²) in [6, 6.07) is 14.7. The molecular weight excluding hydrogens is 437 g/mol. The van der Waals surface area contributed by atoms with Crippen LogP contribution in [0.1, 0.15) is 16.8 Å². The predicted octanol–water partition coefficient (Wildman–Crippen LogP) is 2.90. The van der Waals surface area contributed by atoms with Crippen LogP contribution in [0.15, 0.2) is 53.7 Å². The largest absolute Gasteiger partial charge is 0.351 e. The number of aromatic nitrogens is 1. The van der Waals surface area contributed by atoms with Gasteiger partial charge < -0.3 is 10.2 Å². The van der Waals surface area contributed by atoms with Gasteiger partial charge in [-0.15, -0.1) is 24.0 Å². The molecule has 6 heteroatoms. The monoisotopic (exact) mass is 465 g/mol. The Labute approximate surface area is 173 Å². The molecule has 1 fully saturated rings. The normalized spacial score (nSPS) is 15.5. The molecule has 0 unspecified atom stereocenters. The molecule has 1 aromatic heterocycles. The van der Waals surface area contributed by atoms with Crippen LogP contribution in [0.3, 0.4) is 0 Å². The van der Waals surface area contributed by atoms with E-state index in [1.54, 1.807) is 0 Å². The first-order valence-corrected chi connectivity index (χ1v) is 8.88. The summed E-state index contributed by atoms with van der Waals surface area (Å²) >= 11 is 0. The molecule has 140 valence electrons. The molecule has 1 N–H and O–H groups in total. The van der Waals surface area contributed by atoms with Gasteiger partial charge in [0.15, 0.2) is 5.96 Å². The van der Waals surface area contributed by atoms with E-state index >= 15 is 0 Å². The molecule has 2 heterocycles. The maximum absolute atomic E-state index is 4.45. The van der Waals surface area contributed by atoms with Crippen LogP contribution in [0.25, 0.3) is 0 Å². The Balaban J connectivity index is 0.00000243. The van der Waals surface area contributed by atoms with Gasteiger partial charge in [0.2, 0.25) is 0 Å². The lowest BCUT2D eigenvalue weighted by atomic mass is 10.2. The summed E-state index contributed by atoms with van der Waals surface area (Å²) in [6.07, 6.45) is 1.84. The highest BCUT2D eigenvalue weighted by molar-refractivity contribution is 14.0. The number of pyridine rings is 1. The van der Waals surface area contributed by atoms with Crippen molar-refractivity contribution < 1.29 is 0 Å². The molecule has 0 atom stereocenters. The minimum absolute atomic E-state index is 0. The van der Waals surface area contributed by atoms with E-state index in [0.29, 0.717) is 6.54 Å². The van der Waals surface area contributed by atoms with Crippen molar-refractivity contribution in [2.75, 3.05) is 33.2 Å². The molecular formula is C20H28IN5. The number of aryl methyl sites for hydroxylation is 1. The zero-order chi connectivity index (χ0) is 17.5. The van der Waals surface area contributed by atoms with Gasteiger partial charge in [-0.3, -0.25) is 14.9 Å². The van der Waals surface area contributed by atoms with E-state index in [4.69, 9.17) is 0 Å². The molecule has 1 aromatic carbocycles. The topological polar surface area (TPSA) is 43.8 Å². The van der Waals surface area contributed by atoms with Gasteiger partial charge in [0.05, 0.1) is 12.2 Å². The van der Waals surface area contributed by atoms with Crippen LogP contribution in [-0.2, 0) is 13.1 Å². The average Bonchev–Trinajstić information content (AvgIpc) is 2.66. The molecule has 0 bridgehead atoms. The van der Waals surface area contributed by atoms with Crippen molar-refractivity contribution in [2.24, 2.45) is 4.99 Å². The molecule has 5 nitrogen and oxygen atoms in total. The van der Waals surface area contributed by atoms with E-state index in [0.717, 1.165) is 44.4 Å². The summed E-state index contributed by atoms with van der Waals surface area (Å²) in [7, 11) is 1.85. The molecule has 2 aromatic rings. The van der Waals surface area contributed by atoms with Crippen molar-refractivity contribution in [1.29, 1.82) is 0 Å². The lowest BCUT2D eigenvalue weighted by Gasteiger charge is -2.36. The fourth-order valence-corrected chi connectivity index (χ4v) is 3.16. The molecule has 3 rings (SSSR count). The van der Waals surface area contributed by atoms with E-state index in [2.05, 4.69) is 68.4 Å². The number of halogens is 1. The number of aliphatic imine (C=N–C) groups is 1. The minimum atomic E-state index is 0. The quantitative estimate of drug-likeness (QED) is 0.429. The Morgan fingerprint density at radius 1 is 1.08 bits per heavy atom. The SMILES string of the molecule is CN=C(NCc1ncccc1C)N1CCN(Cc2ccccc2)CC1.I. The number of nitrogens with one attached hydrogen (secondary N) is 1. The zero-order valence-corrected chi connectivity index (χ0v) is 17.9. The number of guanidine groups is 1. The molecule has 0 spiro atoms. The van der Waals surface area contributed by atoms with E-state index in [-0.39, 0.29) is 24.0 Å². The van der Waals surface area contributed by atoms with Gasteiger partial charge in [0.1, 0.15) is 0 Å². The van der Waals surface area contributed by atoms with Gasteiger partial charge >= 0.3 is 0 Å². The molecule has 1 saturated heterocycles. The first-order valence-electron chi connectivity index (χ1n) is 8.88. The molecule has 0 radical (unpaired) electrons. The molecule has 0 aliphatic carbocycles. The third kappa shape index (κ3) is 5.67. The second-order valence-corrected chi connectivity index (χ2v) is 6.42.